The van der Waals surface area contributed by atoms with Crippen molar-refractivity contribution in [3.05, 3.63) is 23.2 Å². The zero-order chi connectivity index (χ0) is 18.7. The maximum absolute atomic E-state index is 12.5. The molecule has 0 bridgehead atoms. The van der Waals surface area contributed by atoms with Crippen LogP contribution >= 0.6 is 23.4 Å². The molecule has 6 nitrogen and oxygen atoms in total. The number of halogens is 1. The van der Waals surface area contributed by atoms with Gasteiger partial charge in [0, 0.05) is 22.6 Å². The molecule has 1 aromatic rings. The quantitative estimate of drug-likeness (QED) is 0.719. The zero-order valence-corrected chi connectivity index (χ0v) is 17.0. The van der Waals surface area contributed by atoms with Gasteiger partial charge in [-0.1, -0.05) is 24.4 Å². The lowest BCUT2D eigenvalue weighted by atomic mass is 10.2. The van der Waals surface area contributed by atoms with Crippen LogP contribution in [0.5, 0.6) is 5.75 Å². The number of amides is 1. The van der Waals surface area contributed by atoms with Crippen LogP contribution < -0.4 is 14.4 Å². The number of hydrogen-bond acceptors (Lipinski definition) is 5. The van der Waals surface area contributed by atoms with Gasteiger partial charge < -0.3 is 10.1 Å². The fraction of sp³-hybridized carbons (Fsp3) is 0.588. The topological polar surface area (TPSA) is 75.7 Å². The number of hydrogen-bond donors (Lipinski definition) is 1. The highest BCUT2D eigenvalue weighted by Crippen LogP contribution is 2.37. The number of fused-ring (bicyclic) bond motifs is 1. The molecule has 0 saturated heterocycles. The molecule has 1 amide bonds. The molecule has 1 unspecified atom stereocenters. The second-order valence-corrected chi connectivity index (χ2v) is 10.3. The van der Waals surface area contributed by atoms with Crippen molar-refractivity contribution >= 4 is 45.0 Å². The highest BCUT2D eigenvalue weighted by atomic mass is 35.5. The molecule has 1 N–H and O–H groups in total. The first-order chi connectivity index (χ1) is 12.3. The first-order valence-electron chi connectivity index (χ1n) is 8.68. The lowest BCUT2D eigenvalue weighted by molar-refractivity contribution is -0.127. The summed E-state index contributed by atoms with van der Waals surface area (Å²) in [5, 5.41) is 3.97. The van der Waals surface area contributed by atoms with Gasteiger partial charge in [-0.15, -0.1) is 0 Å². The molecule has 1 heterocycles. The van der Waals surface area contributed by atoms with Crippen LogP contribution in [0.3, 0.4) is 0 Å². The number of benzene rings is 1. The Kier molecular flexibility index (Phi) is 6.25. The Morgan fingerprint density at radius 2 is 2.12 bits per heavy atom. The van der Waals surface area contributed by atoms with Crippen molar-refractivity contribution in [2.45, 2.75) is 37.0 Å². The molecule has 3 rings (SSSR count). The van der Waals surface area contributed by atoms with Gasteiger partial charge in [0.2, 0.25) is 10.0 Å². The normalized spacial score (nSPS) is 20.5. The molecular formula is C17H23ClN2O4S2. The summed E-state index contributed by atoms with van der Waals surface area (Å²) in [6.07, 6.45) is 5.33. The first-order valence-corrected chi connectivity index (χ1v) is 12.0. The van der Waals surface area contributed by atoms with Crippen molar-refractivity contribution in [1.29, 1.82) is 0 Å². The van der Waals surface area contributed by atoms with Crippen molar-refractivity contribution < 1.29 is 17.9 Å². The minimum absolute atomic E-state index is 0.0617. The van der Waals surface area contributed by atoms with Crippen LogP contribution in [0.4, 0.5) is 5.69 Å². The number of thioether (sulfide) groups is 1. The third kappa shape index (κ3) is 4.78. The van der Waals surface area contributed by atoms with Gasteiger partial charge >= 0.3 is 0 Å². The maximum Gasteiger partial charge on any atom is 0.263 e. The Morgan fingerprint density at radius 1 is 1.38 bits per heavy atom. The third-order valence-corrected chi connectivity index (χ3v) is 7.30. The van der Waals surface area contributed by atoms with Gasteiger partial charge in [0.15, 0.2) is 6.10 Å². The van der Waals surface area contributed by atoms with E-state index in [9.17, 15) is 13.2 Å². The Hall–Kier alpha value is -1.12. The second kappa shape index (κ2) is 8.27. The van der Waals surface area contributed by atoms with Crippen LogP contribution in [0.1, 0.15) is 25.7 Å². The van der Waals surface area contributed by atoms with Crippen molar-refractivity contribution in [2.24, 2.45) is 0 Å². The molecule has 1 atom stereocenters. The smallest absolute Gasteiger partial charge is 0.263 e. The van der Waals surface area contributed by atoms with E-state index in [1.54, 1.807) is 12.1 Å². The third-order valence-electron chi connectivity index (χ3n) is 4.54. The molecule has 1 saturated carbocycles. The Labute approximate surface area is 163 Å². The van der Waals surface area contributed by atoms with E-state index in [1.807, 2.05) is 11.8 Å². The van der Waals surface area contributed by atoms with E-state index in [1.165, 1.54) is 36.1 Å². The number of nitrogens with one attached hydrogen (secondary N) is 1. The molecule has 0 spiro atoms. The maximum atomic E-state index is 12.5. The van der Waals surface area contributed by atoms with Crippen molar-refractivity contribution in [2.75, 3.05) is 29.4 Å². The molecule has 1 fully saturated rings. The summed E-state index contributed by atoms with van der Waals surface area (Å²) in [7, 11) is -3.55. The number of nitrogens with zero attached hydrogens (tertiary/aromatic N) is 1. The van der Waals surface area contributed by atoms with Gasteiger partial charge in [-0.2, -0.15) is 11.8 Å². The lowest BCUT2D eigenvalue weighted by Crippen LogP contribution is -2.50. The zero-order valence-electron chi connectivity index (χ0n) is 14.6. The standard InChI is InChI=1S/C17H23ClN2O4S2/c1-26(22,23)20-11-16(24-15-7-6-12(18)10-14(15)20)17(21)19-8-9-25-13-4-2-3-5-13/h6-7,10,13,16H,2-5,8-9,11H2,1H3,(H,19,21). The number of rotatable bonds is 6. The van der Waals surface area contributed by atoms with Crippen LogP contribution in [0.25, 0.3) is 0 Å². The summed E-state index contributed by atoms with van der Waals surface area (Å²) < 4.78 is 31.2. The monoisotopic (exact) mass is 418 g/mol. The van der Waals surface area contributed by atoms with E-state index in [0.29, 0.717) is 28.3 Å². The summed E-state index contributed by atoms with van der Waals surface area (Å²) in [4.78, 5) is 12.5. The Morgan fingerprint density at radius 3 is 2.81 bits per heavy atom. The highest BCUT2D eigenvalue weighted by molar-refractivity contribution is 7.99. The van der Waals surface area contributed by atoms with Crippen molar-refractivity contribution in [3.8, 4) is 5.75 Å². The highest BCUT2D eigenvalue weighted by Gasteiger charge is 2.35. The summed E-state index contributed by atoms with van der Waals surface area (Å²) in [6, 6.07) is 4.73. The van der Waals surface area contributed by atoms with Gasteiger partial charge in [0.1, 0.15) is 5.75 Å². The molecule has 0 radical (unpaired) electrons. The van der Waals surface area contributed by atoms with Crippen LogP contribution in [0.15, 0.2) is 18.2 Å². The number of carbonyl (C=O) groups is 1. The molecule has 2 aliphatic rings. The molecular weight excluding hydrogens is 396 g/mol. The van der Waals surface area contributed by atoms with Crippen molar-refractivity contribution in [1.82, 2.24) is 5.32 Å². The fourth-order valence-corrected chi connectivity index (χ4v) is 5.54. The summed E-state index contributed by atoms with van der Waals surface area (Å²) in [5.74, 6) is 0.892. The molecule has 1 aliphatic heterocycles. The average Bonchev–Trinajstić information content (AvgIpc) is 3.10. The molecule has 144 valence electrons. The Balaban J connectivity index is 1.61. The summed E-state index contributed by atoms with van der Waals surface area (Å²) in [6.45, 7) is 0.486. The summed E-state index contributed by atoms with van der Waals surface area (Å²) in [5.41, 5.74) is 0.362. The molecule has 1 aliphatic carbocycles. The lowest BCUT2D eigenvalue weighted by Gasteiger charge is -2.34. The fourth-order valence-electron chi connectivity index (χ4n) is 3.24. The minimum atomic E-state index is -3.55. The second-order valence-electron chi connectivity index (χ2n) is 6.58. The van der Waals surface area contributed by atoms with Crippen LogP contribution in [-0.2, 0) is 14.8 Å². The van der Waals surface area contributed by atoms with E-state index >= 15 is 0 Å². The number of ether oxygens (including phenoxy) is 1. The van der Waals surface area contributed by atoms with Gasteiger partial charge in [-0.05, 0) is 31.0 Å². The predicted molar refractivity (Wildman–Crippen MR) is 106 cm³/mol. The van der Waals surface area contributed by atoms with Crippen LogP contribution in [0.2, 0.25) is 5.02 Å². The number of carbonyl (C=O) groups excluding carboxylic acids is 1. The van der Waals surface area contributed by atoms with E-state index < -0.39 is 16.1 Å². The Bertz CT molecular complexity index is 766. The van der Waals surface area contributed by atoms with Crippen LogP contribution in [-0.4, -0.2) is 50.8 Å². The molecule has 1 aromatic carbocycles. The van der Waals surface area contributed by atoms with Gasteiger partial charge in [0.25, 0.3) is 5.91 Å². The van der Waals surface area contributed by atoms with E-state index in [4.69, 9.17) is 16.3 Å². The van der Waals surface area contributed by atoms with Gasteiger partial charge in [0.05, 0.1) is 18.5 Å². The average molecular weight is 419 g/mol. The summed E-state index contributed by atoms with van der Waals surface area (Å²) >= 11 is 7.86. The largest absolute Gasteiger partial charge is 0.476 e. The van der Waals surface area contributed by atoms with Crippen molar-refractivity contribution in [3.63, 3.8) is 0 Å². The number of anilines is 1. The van der Waals surface area contributed by atoms with Gasteiger partial charge in [-0.25, -0.2) is 8.42 Å². The molecule has 26 heavy (non-hydrogen) atoms. The van der Waals surface area contributed by atoms with Gasteiger partial charge in [-0.3, -0.25) is 9.10 Å². The molecule has 0 aromatic heterocycles. The SMILES string of the molecule is CS(=O)(=O)N1CC(C(=O)NCCSC2CCCC2)Oc2ccc(Cl)cc21. The van der Waals surface area contributed by atoms with E-state index in [0.717, 1.165) is 12.0 Å². The first kappa shape index (κ1) is 19.6. The van der Waals surface area contributed by atoms with E-state index in [-0.39, 0.29) is 12.5 Å². The predicted octanol–water partition coefficient (Wildman–Crippen LogP) is 2.66. The van der Waals surface area contributed by atoms with E-state index in [2.05, 4.69) is 5.32 Å². The van der Waals surface area contributed by atoms with Crippen LogP contribution in [0, 0.1) is 0 Å². The minimum Gasteiger partial charge on any atom is -0.476 e. The number of sulfonamides is 1. The molecule has 9 heteroatoms.